The number of amides is 3. The Kier molecular flexibility index (Phi) is 7.79. The quantitative estimate of drug-likeness (QED) is 0.162. The van der Waals surface area contributed by atoms with E-state index in [1.165, 1.54) is 16.7 Å². The zero-order valence-corrected chi connectivity index (χ0v) is 23.1. The molecule has 2 aliphatic heterocycles. The van der Waals surface area contributed by atoms with E-state index < -0.39 is 51.9 Å². The number of aliphatic carboxylic acids is 1. The summed E-state index contributed by atoms with van der Waals surface area (Å²) in [6, 6.07) is 12.4. The van der Waals surface area contributed by atoms with Crippen molar-refractivity contribution < 1.29 is 46.7 Å². The van der Waals surface area contributed by atoms with Gasteiger partial charge in [0.15, 0.2) is 0 Å². The van der Waals surface area contributed by atoms with Gasteiger partial charge in [-0.2, -0.15) is 0 Å². The average Bonchev–Trinajstić information content (AvgIpc) is 3.51. The molecule has 200 valence electrons. The number of thioether (sulfide) groups is 1. The number of hydrogen-bond donors (Lipinski definition) is 4. The monoisotopic (exact) mass is 716 g/mol. The number of H-pyrrole nitrogens is 1. The molecule has 0 bridgehead atoms. The van der Waals surface area contributed by atoms with Gasteiger partial charge in [0.05, 0.1) is 0 Å². The van der Waals surface area contributed by atoms with Gasteiger partial charge in [-0.1, -0.05) is 59.6 Å². The maximum absolute atomic E-state index is 13.4. The predicted octanol–water partition coefficient (Wildman–Crippen LogP) is 1.37. The molecule has 4 atom stereocenters. The van der Waals surface area contributed by atoms with Crippen LogP contribution in [0.2, 0.25) is 0 Å². The molecule has 1 aromatic heterocycles. The van der Waals surface area contributed by atoms with E-state index in [2.05, 4.69) is 32.2 Å². The summed E-state index contributed by atoms with van der Waals surface area (Å²) in [4.78, 5) is 52.6. The standard InChI is InChI=1S/C25H23N6O5S.Au/c1-25(2)19(24(35)36)31-22(34)18(23(31)37-25)28-21(33)17(13-7-4-3-5-8-13)27-20(32)15-10-6-9-14(11-15)16-12-26-30-29-16;/h3-11,17-19,23H,1-2H3,(H,27,32)(H,28,33)(H,35,36)(H,26,29,30);/q-1;+1/t17-,18-,19+,23-;/m1./s1. The Labute approximate surface area is 237 Å². The van der Waals surface area contributed by atoms with Crippen molar-refractivity contribution in [3.8, 4) is 11.3 Å². The van der Waals surface area contributed by atoms with Crippen LogP contribution in [0.4, 0.5) is 0 Å². The summed E-state index contributed by atoms with van der Waals surface area (Å²) >= 11 is 1.33. The first-order chi connectivity index (χ1) is 17.7. The summed E-state index contributed by atoms with van der Waals surface area (Å²) in [7, 11) is 0. The predicted molar refractivity (Wildman–Crippen MR) is 133 cm³/mol. The minimum absolute atomic E-state index is 0. The largest absolute Gasteiger partial charge is 1.00 e. The van der Waals surface area contributed by atoms with E-state index >= 15 is 0 Å². The number of hydrogen-bond acceptors (Lipinski definition) is 7. The third-order valence-corrected chi connectivity index (χ3v) is 8.00. The van der Waals surface area contributed by atoms with Gasteiger partial charge in [-0.3, -0.25) is 19.5 Å². The van der Waals surface area contributed by atoms with Crippen molar-refractivity contribution in [2.75, 3.05) is 0 Å². The first-order valence-corrected chi connectivity index (χ1v) is 12.3. The summed E-state index contributed by atoms with van der Waals surface area (Å²) in [5.74, 6) is -2.61. The molecule has 0 unspecified atom stereocenters. The van der Waals surface area contributed by atoms with Gasteiger partial charge in [0.1, 0.15) is 23.5 Å². The van der Waals surface area contributed by atoms with E-state index in [0.717, 1.165) is 0 Å². The van der Waals surface area contributed by atoms with Gasteiger partial charge in [-0.25, -0.2) is 9.89 Å². The normalized spacial score (nSPS) is 21.9. The molecule has 2 saturated heterocycles. The zero-order chi connectivity index (χ0) is 26.3. The second-order valence-corrected chi connectivity index (χ2v) is 11.1. The van der Waals surface area contributed by atoms with Crippen LogP contribution in [0.3, 0.4) is 0 Å². The summed E-state index contributed by atoms with van der Waals surface area (Å²) in [5.41, 5.74) is 1.99. The van der Waals surface area contributed by atoms with E-state index in [0.29, 0.717) is 22.4 Å². The van der Waals surface area contributed by atoms with Crippen LogP contribution in [0, 0.1) is 6.20 Å². The Morgan fingerprint density at radius 2 is 1.89 bits per heavy atom. The molecular formula is C25H23AuN6O5S. The molecule has 0 radical (unpaired) electrons. The second-order valence-electron chi connectivity index (χ2n) is 9.28. The molecule has 5 rings (SSSR count). The molecule has 0 saturated carbocycles. The van der Waals surface area contributed by atoms with Crippen LogP contribution in [-0.4, -0.2) is 71.3 Å². The topological polar surface area (TPSA) is 157 Å². The van der Waals surface area contributed by atoms with Crippen LogP contribution in [0.5, 0.6) is 0 Å². The number of benzene rings is 2. The number of carbonyl (C=O) groups is 4. The number of carboxylic acids is 1. The van der Waals surface area contributed by atoms with Crippen molar-refractivity contribution in [3.05, 3.63) is 71.9 Å². The van der Waals surface area contributed by atoms with Gasteiger partial charge in [0.25, 0.3) is 5.91 Å². The molecule has 13 heteroatoms. The van der Waals surface area contributed by atoms with Crippen LogP contribution in [0.1, 0.15) is 35.8 Å². The van der Waals surface area contributed by atoms with Crippen molar-refractivity contribution >= 4 is 35.5 Å². The summed E-state index contributed by atoms with van der Waals surface area (Å²) < 4.78 is -0.717. The number of nitrogens with zero attached hydrogens (tertiary/aromatic N) is 3. The molecule has 2 aromatic carbocycles. The first kappa shape index (κ1) is 27.6. The number of fused-ring (bicyclic) bond motifs is 1. The van der Waals surface area contributed by atoms with Crippen LogP contribution in [0.15, 0.2) is 54.6 Å². The molecule has 0 spiro atoms. The third-order valence-electron chi connectivity index (χ3n) is 6.43. The molecule has 4 N–H and O–H groups in total. The maximum Gasteiger partial charge on any atom is 1.00 e. The van der Waals surface area contributed by atoms with Gasteiger partial charge in [-0.15, -0.1) is 29.5 Å². The number of carboxylic acid groups (broad SMARTS) is 1. The maximum atomic E-state index is 13.4. The number of aromatic nitrogens is 3. The molecule has 3 amide bonds. The summed E-state index contributed by atoms with van der Waals surface area (Å²) in [6.07, 6.45) is 2.69. The van der Waals surface area contributed by atoms with Crippen LogP contribution in [0.25, 0.3) is 11.3 Å². The third kappa shape index (κ3) is 4.99. The number of β-lactam (4-membered cyclic amide) rings is 1. The second kappa shape index (κ2) is 10.7. The van der Waals surface area contributed by atoms with Crippen LogP contribution in [-0.2, 0) is 36.8 Å². The van der Waals surface area contributed by atoms with Crippen molar-refractivity contribution in [1.29, 1.82) is 0 Å². The number of nitrogens with one attached hydrogen (secondary N) is 3. The molecule has 3 heterocycles. The van der Waals surface area contributed by atoms with Gasteiger partial charge in [-0.05, 0) is 19.4 Å². The Bertz CT molecular complexity index is 1370. The molecule has 38 heavy (non-hydrogen) atoms. The average molecular weight is 717 g/mol. The van der Waals surface area contributed by atoms with Crippen molar-refractivity contribution in [3.63, 3.8) is 0 Å². The fourth-order valence-corrected chi connectivity index (χ4v) is 6.29. The smallest absolute Gasteiger partial charge is 0.480 e. The van der Waals surface area contributed by atoms with Gasteiger partial charge < -0.3 is 20.6 Å². The Morgan fingerprint density at radius 3 is 2.55 bits per heavy atom. The van der Waals surface area contributed by atoms with E-state index in [1.807, 2.05) is 0 Å². The van der Waals surface area contributed by atoms with Crippen molar-refractivity contribution in [2.24, 2.45) is 0 Å². The van der Waals surface area contributed by atoms with Gasteiger partial charge in [0.2, 0.25) is 11.8 Å². The minimum Gasteiger partial charge on any atom is -0.480 e. The molecule has 2 aliphatic rings. The van der Waals surface area contributed by atoms with E-state index in [4.69, 9.17) is 0 Å². The first-order valence-electron chi connectivity index (χ1n) is 11.5. The number of rotatable bonds is 7. The van der Waals surface area contributed by atoms with Crippen molar-refractivity contribution in [2.45, 2.75) is 42.1 Å². The Hall–Kier alpha value is -3.45. The van der Waals surface area contributed by atoms with E-state index in [9.17, 15) is 24.3 Å². The fraction of sp³-hybridized carbons (Fsp3) is 0.280. The van der Waals surface area contributed by atoms with Gasteiger partial charge >= 0.3 is 28.3 Å². The van der Waals surface area contributed by atoms with Gasteiger partial charge in [0, 0.05) is 10.3 Å². The summed E-state index contributed by atoms with van der Waals surface area (Å²) in [6.45, 7) is 3.53. The number of carbonyl (C=O) groups excluding carboxylic acids is 3. The van der Waals surface area contributed by atoms with E-state index in [-0.39, 0.29) is 22.4 Å². The molecular weight excluding hydrogens is 693 g/mol. The van der Waals surface area contributed by atoms with E-state index in [1.54, 1.807) is 68.4 Å². The molecule has 0 aliphatic carbocycles. The number of aromatic amines is 1. The summed E-state index contributed by atoms with van der Waals surface area (Å²) in [5, 5.41) is 24.6. The minimum atomic E-state index is -1.09. The van der Waals surface area contributed by atoms with Crippen LogP contribution >= 0.6 is 11.8 Å². The zero-order valence-electron chi connectivity index (χ0n) is 20.1. The Balaban J connectivity index is 0.00000336. The molecule has 11 nitrogen and oxygen atoms in total. The van der Waals surface area contributed by atoms with Crippen molar-refractivity contribution in [1.82, 2.24) is 30.9 Å². The molecule has 2 fully saturated rings. The van der Waals surface area contributed by atoms with Crippen LogP contribution < -0.4 is 10.6 Å². The Morgan fingerprint density at radius 1 is 1.16 bits per heavy atom. The molecule has 3 aromatic rings. The SMILES string of the molecule is CC1(C)S[C@@H]2[C@H](NC(=O)[C@H](NC(=O)c3cccc(-c4[c-]nn[nH]4)c3)c3ccccc3)C(=O)N2[C@H]1C(=O)O.[Au+]. The fourth-order valence-electron chi connectivity index (χ4n) is 4.66.